The molecule has 0 amide bonds. The number of ether oxygens (including phenoxy) is 1. The highest BCUT2D eigenvalue weighted by Gasteiger charge is 2.59. The van der Waals surface area contributed by atoms with E-state index >= 15 is 0 Å². The Bertz CT molecular complexity index is 377. The Labute approximate surface area is 87.4 Å². The van der Waals surface area contributed by atoms with Gasteiger partial charge in [-0.1, -0.05) is 11.6 Å². The van der Waals surface area contributed by atoms with E-state index in [-0.39, 0.29) is 5.41 Å². The number of aromatic nitrogens is 2. The van der Waals surface area contributed by atoms with Crippen LogP contribution in [0.2, 0.25) is 5.15 Å². The fourth-order valence-electron chi connectivity index (χ4n) is 2.64. The highest BCUT2D eigenvalue weighted by molar-refractivity contribution is 6.29. The second-order valence-corrected chi connectivity index (χ2v) is 4.73. The van der Waals surface area contributed by atoms with Crippen LogP contribution in [-0.4, -0.2) is 17.3 Å². The zero-order chi connectivity index (χ0) is 9.76. The summed E-state index contributed by atoms with van der Waals surface area (Å²) >= 11 is 5.77. The summed E-state index contributed by atoms with van der Waals surface area (Å²) in [6, 6.07) is 1.75. The molecule has 14 heavy (non-hydrogen) atoms. The van der Waals surface area contributed by atoms with Gasteiger partial charge in [0.05, 0.1) is 7.11 Å². The molecule has 0 aromatic carbocycles. The van der Waals surface area contributed by atoms with Gasteiger partial charge in [-0.3, -0.25) is 0 Å². The van der Waals surface area contributed by atoms with Gasteiger partial charge in [0, 0.05) is 11.5 Å². The first-order chi connectivity index (χ1) is 6.73. The minimum absolute atomic E-state index is 0.285. The van der Waals surface area contributed by atoms with E-state index in [9.17, 15) is 0 Å². The molecular formula is C10H11ClN2O. The number of methoxy groups -OCH3 is 1. The Kier molecular flexibility index (Phi) is 1.57. The van der Waals surface area contributed by atoms with Crippen LogP contribution in [0.3, 0.4) is 0 Å². The molecule has 1 aromatic heterocycles. The molecular weight excluding hydrogens is 200 g/mol. The monoisotopic (exact) mass is 210 g/mol. The van der Waals surface area contributed by atoms with Crippen LogP contribution >= 0.6 is 11.6 Å². The average Bonchev–Trinajstić information content (AvgIpc) is 2.02. The molecule has 3 aliphatic carbocycles. The maximum absolute atomic E-state index is 5.77. The first-order valence-electron chi connectivity index (χ1n) is 4.81. The van der Waals surface area contributed by atoms with Gasteiger partial charge in [-0.2, -0.15) is 0 Å². The first-order valence-corrected chi connectivity index (χ1v) is 5.19. The summed E-state index contributed by atoms with van der Waals surface area (Å²) in [5.41, 5.74) is 1.29. The van der Waals surface area contributed by atoms with Crippen molar-refractivity contribution in [2.24, 2.45) is 5.92 Å². The minimum Gasteiger partial charge on any atom is -0.495 e. The highest BCUT2D eigenvalue weighted by atomic mass is 35.5. The number of hydrogen-bond acceptors (Lipinski definition) is 3. The van der Waals surface area contributed by atoms with E-state index in [0.717, 1.165) is 17.4 Å². The smallest absolute Gasteiger partial charge is 0.155 e. The van der Waals surface area contributed by atoms with Crippen molar-refractivity contribution in [2.45, 2.75) is 24.7 Å². The summed E-state index contributed by atoms with van der Waals surface area (Å²) in [7, 11) is 1.66. The van der Waals surface area contributed by atoms with Crippen molar-refractivity contribution in [3.05, 3.63) is 16.9 Å². The predicted molar refractivity (Wildman–Crippen MR) is 52.6 cm³/mol. The van der Waals surface area contributed by atoms with Crippen molar-refractivity contribution in [3.8, 4) is 5.75 Å². The molecule has 0 radical (unpaired) electrons. The molecule has 74 valence electrons. The average molecular weight is 211 g/mol. The molecule has 0 N–H and O–H groups in total. The standard InChI is InChI=1S/C10H11ClN2O/c1-14-7-2-8(11)12-13-9(7)10-3-6(4-10)5-10/h2,6H,3-5H2,1H3. The van der Waals surface area contributed by atoms with E-state index in [0.29, 0.717) is 5.15 Å². The molecule has 1 aromatic rings. The minimum atomic E-state index is 0.285. The van der Waals surface area contributed by atoms with Gasteiger partial charge < -0.3 is 4.74 Å². The van der Waals surface area contributed by atoms with Crippen molar-refractivity contribution in [2.75, 3.05) is 7.11 Å². The lowest BCUT2D eigenvalue weighted by molar-refractivity contribution is -0.0332. The molecule has 3 nitrogen and oxygen atoms in total. The maximum atomic E-state index is 5.77. The summed E-state index contributed by atoms with van der Waals surface area (Å²) in [5, 5.41) is 8.47. The van der Waals surface area contributed by atoms with Crippen molar-refractivity contribution in [1.29, 1.82) is 0 Å². The molecule has 4 rings (SSSR count). The van der Waals surface area contributed by atoms with Gasteiger partial charge in [0.2, 0.25) is 0 Å². The summed E-state index contributed by atoms with van der Waals surface area (Å²) in [4.78, 5) is 0. The Hall–Kier alpha value is -0.830. The van der Waals surface area contributed by atoms with Gasteiger partial charge in [-0.15, -0.1) is 10.2 Å². The van der Waals surface area contributed by atoms with Crippen LogP contribution < -0.4 is 4.74 Å². The zero-order valence-electron chi connectivity index (χ0n) is 7.96. The van der Waals surface area contributed by atoms with Crippen LogP contribution in [0.4, 0.5) is 0 Å². The summed E-state index contributed by atoms with van der Waals surface area (Å²) in [6.45, 7) is 0. The van der Waals surface area contributed by atoms with Crippen molar-refractivity contribution < 1.29 is 4.74 Å². The lowest BCUT2D eigenvalue weighted by atomic mass is 9.43. The molecule has 3 fully saturated rings. The first kappa shape index (κ1) is 8.48. The van der Waals surface area contributed by atoms with Gasteiger partial charge in [-0.25, -0.2) is 0 Å². The number of hydrogen-bond donors (Lipinski definition) is 0. The van der Waals surface area contributed by atoms with Crippen molar-refractivity contribution >= 4 is 11.6 Å². The van der Waals surface area contributed by atoms with E-state index < -0.39 is 0 Å². The number of rotatable bonds is 2. The lowest BCUT2D eigenvalue weighted by Gasteiger charge is -2.61. The molecule has 0 spiro atoms. The van der Waals surface area contributed by atoms with Crippen LogP contribution in [0.1, 0.15) is 25.0 Å². The Morgan fingerprint density at radius 3 is 2.64 bits per heavy atom. The number of nitrogens with zero attached hydrogens (tertiary/aromatic N) is 2. The Morgan fingerprint density at radius 2 is 2.14 bits per heavy atom. The molecule has 0 saturated heterocycles. The van der Waals surface area contributed by atoms with Crippen molar-refractivity contribution in [3.63, 3.8) is 0 Å². The molecule has 2 bridgehead atoms. The van der Waals surface area contributed by atoms with Crippen LogP contribution in [0, 0.1) is 5.92 Å². The number of halogens is 1. The van der Waals surface area contributed by atoms with Gasteiger partial charge >= 0.3 is 0 Å². The Balaban J connectivity index is 2.03. The van der Waals surface area contributed by atoms with Gasteiger partial charge in [-0.05, 0) is 25.2 Å². The van der Waals surface area contributed by atoms with Gasteiger partial charge in [0.15, 0.2) is 5.15 Å². The van der Waals surface area contributed by atoms with E-state index in [2.05, 4.69) is 10.2 Å². The van der Waals surface area contributed by atoms with Crippen LogP contribution in [0.15, 0.2) is 6.07 Å². The van der Waals surface area contributed by atoms with Gasteiger partial charge in [0.25, 0.3) is 0 Å². The molecule has 3 aliphatic rings. The fourth-order valence-corrected chi connectivity index (χ4v) is 2.78. The molecule has 4 heteroatoms. The SMILES string of the molecule is COc1cc(Cl)nnc1C12CC(C1)C2. The second kappa shape index (κ2) is 2.60. The normalized spacial score (nSPS) is 33.1. The summed E-state index contributed by atoms with van der Waals surface area (Å²) in [6.07, 6.45) is 3.75. The van der Waals surface area contributed by atoms with E-state index in [1.165, 1.54) is 19.3 Å². The maximum Gasteiger partial charge on any atom is 0.155 e. The molecule has 0 unspecified atom stereocenters. The van der Waals surface area contributed by atoms with E-state index in [4.69, 9.17) is 16.3 Å². The molecule has 0 atom stereocenters. The fraction of sp³-hybridized carbons (Fsp3) is 0.600. The van der Waals surface area contributed by atoms with Crippen LogP contribution in [0.25, 0.3) is 0 Å². The zero-order valence-corrected chi connectivity index (χ0v) is 8.71. The largest absolute Gasteiger partial charge is 0.495 e. The van der Waals surface area contributed by atoms with Crippen molar-refractivity contribution in [1.82, 2.24) is 10.2 Å². The molecule has 3 saturated carbocycles. The second-order valence-electron chi connectivity index (χ2n) is 4.34. The highest BCUT2D eigenvalue weighted by Crippen LogP contribution is 2.65. The Morgan fingerprint density at radius 1 is 1.43 bits per heavy atom. The lowest BCUT2D eigenvalue weighted by Crippen LogP contribution is -2.55. The van der Waals surface area contributed by atoms with Gasteiger partial charge in [0.1, 0.15) is 11.4 Å². The quantitative estimate of drug-likeness (QED) is 0.751. The third kappa shape index (κ3) is 0.934. The van der Waals surface area contributed by atoms with E-state index in [1.54, 1.807) is 13.2 Å². The molecule has 1 heterocycles. The third-order valence-corrected chi connectivity index (χ3v) is 3.67. The predicted octanol–water partition coefficient (Wildman–Crippen LogP) is 2.19. The van der Waals surface area contributed by atoms with E-state index in [1.807, 2.05) is 0 Å². The van der Waals surface area contributed by atoms with Crippen LogP contribution in [0.5, 0.6) is 5.75 Å². The topological polar surface area (TPSA) is 35.0 Å². The summed E-state index contributed by atoms with van der Waals surface area (Å²) in [5.74, 6) is 1.72. The van der Waals surface area contributed by atoms with Crippen LogP contribution in [-0.2, 0) is 5.41 Å². The third-order valence-electron chi connectivity index (χ3n) is 3.49. The molecule has 0 aliphatic heterocycles. The summed E-state index contributed by atoms with van der Waals surface area (Å²) < 4.78 is 5.29.